The Morgan fingerprint density at radius 3 is 2.52 bits per heavy atom. The molecule has 2 amide bonds. The van der Waals surface area contributed by atoms with Gasteiger partial charge in [0, 0.05) is 21.3 Å². The van der Waals surface area contributed by atoms with Crippen LogP contribution in [0.5, 0.6) is 0 Å². The molecule has 1 aliphatic heterocycles. The fourth-order valence-corrected chi connectivity index (χ4v) is 4.81. The topological polar surface area (TPSA) is 62.6 Å². The molecule has 0 spiro atoms. The zero-order valence-corrected chi connectivity index (χ0v) is 17.4. The molecule has 2 aromatic carbocycles. The maximum Gasteiger partial charge on any atom is 0.255 e. The Hall–Kier alpha value is -2.41. The highest BCUT2D eigenvalue weighted by Crippen LogP contribution is 2.39. The first-order valence-corrected chi connectivity index (χ1v) is 10.6. The first-order valence-electron chi connectivity index (χ1n) is 8.80. The van der Waals surface area contributed by atoms with Crippen molar-refractivity contribution < 1.29 is 14.0 Å². The molecule has 3 aromatic rings. The van der Waals surface area contributed by atoms with Crippen LogP contribution in [-0.2, 0) is 11.3 Å². The van der Waals surface area contributed by atoms with Crippen LogP contribution in [-0.4, -0.2) is 22.5 Å². The molecule has 1 aliphatic rings. The lowest BCUT2D eigenvalue weighted by atomic mass is 10.1. The van der Waals surface area contributed by atoms with Gasteiger partial charge >= 0.3 is 0 Å². The number of rotatable bonds is 5. The van der Waals surface area contributed by atoms with Crippen LogP contribution < -0.4 is 5.32 Å². The quantitative estimate of drug-likeness (QED) is 0.552. The summed E-state index contributed by atoms with van der Waals surface area (Å²) in [5.74, 6) is 0.957. The van der Waals surface area contributed by atoms with E-state index in [4.69, 9.17) is 27.6 Å². The second kappa shape index (κ2) is 8.53. The van der Waals surface area contributed by atoms with Crippen LogP contribution in [0.4, 0.5) is 5.69 Å². The Balaban J connectivity index is 1.48. The van der Waals surface area contributed by atoms with Crippen LogP contribution >= 0.6 is 35.0 Å². The molecular formula is C21H16Cl2N2O3S. The van der Waals surface area contributed by atoms with E-state index in [0.717, 1.165) is 11.3 Å². The average Bonchev–Trinajstić information content (AvgIpc) is 3.32. The normalized spacial score (nSPS) is 16.3. The molecule has 1 atom stereocenters. The van der Waals surface area contributed by atoms with Gasteiger partial charge in [-0.15, -0.1) is 11.8 Å². The van der Waals surface area contributed by atoms with Crippen molar-refractivity contribution in [1.29, 1.82) is 0 Å². The minimum absolute atomic E-state index is 0.0658. The third-order valence-corrected chi connectivity index (χ3v) is 6.15. The van der Waals surface area contributed by atoms with Crippen molar-refractivity contribution in [2.24, 2.45) is 0 Å². The number of anilines is 1. The van der Waals surface area contributed by atoms with Gasteiger partial charge in [-0.1, -0.05) is 35.3 Å². The van der Waals surface area contributed by atoms with Crippen LogP contribution in [0.15, 0.2) is 65.3 Å². The molecular weight excluding hydrogens is 431 g/mol. The molecule has 0 radical (unpaired) electrons. The lowest BCUT2D eigenvalue weighted by Gasteiger charge is -2.23. The summed E-state index contributed by atoms with van der Waals surface area (Å²) in [5.41, 5.74) is 1.98. The van der Waals surface area contributed by atoms with E-state index >= 15 is 0 Å². The first kappa shape index (κ1) is 19.9. The molecule has 1 saturated heterocycles. The molecule has 1 fully saturated rings. The van der Waals surface area contributed by atoms with Crippen molar-refractivity contribution in [2.75, 3.05) is 11.1 Å². The number of nitrogens with one attached hydrogen (secondary N) is 1. The van der Waals surface area contributed by atoms with Crippen molar-refractivity contribution in [1.82, 2.24) is 4.90 Å². The zero-order valence-electron chi connectivity index (χ0n) is 15.1. The second-order valence-corrected chi connectivity index (χ2v) is 8.44. The molecule has 0 aliphatic carbocycles. The summed E-state index contributed by atoms with van der Waals surface area (Å²) in [6.07, 6.45) is 1.60. The van der Waals surface area contributed by atoms with Gasteiger partial charge in [-0.05, 0) is 48.0 Å². The molecule has 29 heavy (non-hydrogen) atoms. The van der Waals surface area contributed by atoms with Gasteiger partial charge in [0.05, 0.1) is 18.6 Å². The highest BCUT2D eigenvalue weighted by Gasteiger charge is 2.33. The molecule has 2 heterocycles. The van der Waals surface area contributed by atoms with Gasteiger partial charge < -0.3 is 14.6 Å². The lowest BCUT2D eigenvalue weighted by molar-refractivity contribution is -0.128. The van der Waals surface area contributed by atoms with Gasteiger partial charge in [0.25, 0.3) is 5.91 Å². The molecule has 8 heteroatoms. The average molecular weight is 447 g/mol. The number of halogens is 2. The molecule has 5 nitrogen and oxygen atoms in total. The molecule has 148 valence electrons. The maximum absolute atomic E-state index is 12.5. The Morgan fingerprint density at radius 2 is 1.86 bits per heavy atom. The fourth-order valence-electron chi connectivity index (χ4n) is 3.10. The smallest absolute Gasteiger partial charge is 0.255 e. The van der Waals surface area contributed by atoms with Crippen molar-refractivity contribution >= 4 is 52.5 Å². The molecule has 0 unspecified atom stereocenters. The van der Waals surface area contributed by atoms with E-state index in [-0.39, 0.29) is 17.2 Å². The summed E-state index contributed by atoms with van der Waals surface area (Å²) < 4.78 is 5.38. The highest BCUT2D eigenvalue weighted by molar-refractivity contribution is 8.00. The van der Waals surface area contributed by atoms with Crippen molar-refractivity contribution in [3.05, 3.63) is 87.8 Å². The summed E-state index contributed by atoms with van der Waals surface area (Å²) in [4.78, 5) is 26.6. The van der Waals surface area contributed by atoms with E-state index < -0.39 is 0 Å². The van der Waals surface area contributed by atoms with Crippen LogP contribution in [0.1, 0.15) is 27.1 Å². The maximum atomic E-state index is 12.5. The standard InChI is InChI=1S/C21H16Cl2N2O3S/c22-15-8-16(23)10-17(9-15)24-20(27)13-3-5-14(6-4-13)21-25(19(26)12-29-21)11-18-2-1-7-28-18/h1-10,21H,11-12H2,(H,24,27)/t21-/m1/s1. The highest BCUT2D eigenvalue weighted by atomic mass is 35.5. The number of carbonyl (C=O) groups is 2. The van der Waals surface area contributed by atoms with E-state index in [1.807, 2.05) is 18.2 Å². The summed E-state index contributed by atoms with van der Waals surface area (Å²) in [6, 6.07) is 15.7. The predicted molar refractivity (Wildman–Crippen MR) is 115 cm³/mol. The Kier molecular flexibility index (Phi) is 5.85. The van der Waals surface area contributed by atoms with Crippen LogP contribution in [0.2, 0.25) is 10.0 Å². The number of thioether (sulfide) groups is 1. The summed E-state index contributed by atoms with van der Waals surface area (Å²) in [7, 11) is 0. The van der Waals surface area contributed by atoms with Crippen molar-refractivity contribution in [3.8, 4) is 0 Å². The van der Waals surface area contributed by atoms with E-state index in [2.05, 4.69) is 5.32 Å². The third kappa shape index (κ3) is 4.61. The third-order valence-electron chi connectivity index (χ3n) is 4.45. The minimum Gasteiger partial charge on any atom is -0.467 e. The zero-order chi connectivity index (χ0) is 20.4. The van der Waals surface area contributed by atoms with E-state index in [1.165, 1.54) is 0 Å². The minimum atomic E-state index is -0.266. The van der Waals surface area contributed by atoms with Gasteiger partial charge in [0.15, 0.2) is 0 Å². The number of benzene rings is 2. The summed E-state index contributed by atoms with van der Waals surface area (Å²) >= 11 is 13.5. The lowest BCUT2D eigenvalue weighted by Crippen LogP contribution is -2.27. The number of hydrogen-bond donors (Lipinski definition) is 1. The summed E-state index contributed by atoms with van der Waals surface area (Å²) in [6.45, 7) is 0.418. The fraction of sp³-hybridized carbons (Fsp3) is 0.143. The van der Waals surface area contributed by atoms with Gasteiger partial charge in [-0.3, -0.25) is 9.59 Å². The van der Waals surface area contributed by atoms with Crippen LogP contribution in [0, 0.1) is 0 Å². The molecule has 0 saturated carbocycles. The Morgan fingerprint density at radius 1 is 1.14 bits per heavy atom. The Labute approximate surface area is 182 Å². The van der Waals surface area contributed by atoms with Crippen molar-refractivity contribution in [3.63, 3.8) is 0 Å². The molecule has 4 rings (SSSR count). The monoisotopic (exact) mass is 446 g/mol. The van der Waals surface area contributed by atoms with E-state index in [9.17, 15) is 9.59 Å². The molecule has 0 bridgehead atoms. The number of furan rings is 1. The van der Waals surface area contributed by atoms with Crippen LogP contribution in [0.3, 0.4) is 0 Å². The number of nitrogens with zero attached hydrogens (tertiary/aromatic N) is 1. The summed E-state index contributed by atoms with van der Waals surface area (Å²) in [5, 5.41) is 3.56. The van der Waals surface area contributed by atoms with Gasteiger partial charge in [-0.25, -0.2) is 0 Å². The number of hydrogen-bond acceptors (Lipinski definition) is 4. The number of amides is 2. The van der Waals surface area contributed by atoms with E-state index in [0.29, 0.717) is 33.6 Å². The first-order chi connectivity index (χ1) is 14.0. The molecule has 1 aromatic heterocycles. The predicted octanol–water partition coefficient (Wildman–Crippen LogP) is 5.61. The largest absolute Gasteiger partial charge is 0.467 e. The van der Waals surface area contributed by atoms with E-state index in [1.54, 1.807) is 59.3 Å². The van der Waals surface area contributed by atoms with Gasteiger partial charge in [0.2, 0.25) is 5.91 Å². The SMILES string of the molecule is O=C(Nc1cc(Cl)cc(Cl)c1)c1ccc([C@H]2SCC(=O)N2Cc2ccco2)cc1. The molecule has 1 N–H and O–H groups in total. The Bertz CT molecular complexity index is 1020. The van der Waals surface area contributed by atoms with Gasteiger partial charge in [0.1, 0.15) is 11.1 Å². The van der Waals surface area contributed by atoms with Crippen LogP contribution in [0.25, 0.3) is 0 Å². The van der Waals surface area contributed by atoms with Crippen molar-refractivity contribution in [2.45, 2.75) is 11.9 Å². The van der Waals surface area contributed by atoms with Gasteiger partial charge in [-0.2, -0.15) is 0 Å². The second-order valence-electron chi connectivity index (χ2n) is 6.50. The number of carbonyl (C=O) groups excluding carboxylic acids is 2.